The zero-order chi connectivity index (χ0) is 10.7. The van der Waals surface area contributed by atoms with E-state index in [1.165, 1.54) is 35.2 Å². The van der Waals surface area contributed by atoms with Crippen molar-refractivity contribution < 1.29 is 9.18 Å². The van der Waals surface area contributed by atoms with Crippen LogP contribution in [-0.4, -0.2) is 6.29 Å². The standard InChI is InChI=1S/C11H7FOS2/c12-9-4-1-3-8(7-13)11(9)15-10-5-2-6-14-10/h1-7H. The molecular weight excluding hydrogens is 231 g/mol. The fraction of sp³-hybridized carbons (Fsp3) is 0. The second-order valence-electron chi connectivity index (χ2n) is 2.81. The molecule has 0 saturated heterocycles. The van der Waals surface area contributed by atoms with Crippen molar-refractivity contribution in [1.82, 2.24) is 0 Å². The summed E-state index contributed by atoms with van der Waals surface area (Å²) in [5, 5.41) is 1.92. The van der Waals surface area contributed by atoms with Crippen molar-refractivity contribution in [3.05, 3.63) is 47.1 Å². The van der Waals surface area contributed by atoms with E-state index in [4.69, 9.17) is 0 Å². The van der Waals surface area contributed by atoms with Crippen molar-refractivity contribution in [2.75, 3.05) is 0 Å². The smallest absolute Gasteiger partial charge is 0.151 e. The fourth-order valence-corrected chi connectivity index (χ4v) is 2.95. The molecule has 4 heteroatoms. The maximum Gasteiger partial charge on any atom is 0.151 e. The van der Waals surface area contributed by atoms with Gasteiger partial charge in [-0.15, -0.1) is 11.3 Å². The predicted octanol–water partition coefficient (Wildman–Crippen LogP) is 3.85. The van der Waals surface area contributed by atoms with E-state index in [1.54, 1.807) is 6.07 Å². The lowest BCUT2D eigenvalue weighted by atomic mass is 10.2. The third-order valence-electron chi connectivity index (χ3n) is 1.82. The first-order valence-corrected chi connectivity index (χ1v) is 5.96. The molecule has 15 heavy (non-hydrogen) atoms. The van der Waals surface area contributed by atoms with Gasteiger partial charge in [-0.05, 0) is 17.5 Å². The molecule has 0 radical (unpaired) electrons. The molecule has 0 aliphatic carbocycles. The topological polar surface area (TPSA) is 17.1 Å². The Morgan fingerprint density at radius 3 is 2.80 bits per heavy atom. The lowest BCUT2D eigenvalue weighted by Crippen LogP contribution is -1.88. The summed E-state index contributed by atoms with van der Waals surface area (Å²) < 4.78 is 14.4. The van der Waals surface area contributed by atoms with Gasteiger partial charge in [0.1, 0.15) is 5.82 Å². The molecule has 1 nitrogen and oxygen atoms in total. The summed E-state index contributed by atoms with van der Waals surface area (Å²) in [5.74, 6) is -0.349. The zero-order valence-electron chi connectivity index (χ0n) is 7.64. The van der Waals surface area contributed by atoms with Gasteiger partial charge in [-0.25, -0.2) is 4.39 Å². The number of hydrogen-bond donors (Lipinski definition) is 0. The normalized spacial score (nSPS) is 10.2. The molecule has 0 atom stereocenters. The van der Waals surface area contributed by atoms with Gasteiger partial charge in [0.15, 0.2) is 6.29 Å². The SMILES string of the molecule is O=Cc1cccc(F)c1Sc1cccs1. The molecule has 0 N–H and O–H groups in total. The lowest BCUT2D eigenvalue weighted by molar-refractivity contribution is 0.112. The maximum atomic E-state index is 13.5. The molecule has 0 amide bonds. The summed E-state index contributed by atoms with van der Waals surface area (Å²) in [6, 6.07) is 8.32. The van der Waals surface area contributed by atoms with E-state index in [-0.39, 0.29) is 5.82 Å². The van der Waals surface area contributed by atoms with Crippen LogP contribution in [-0.2, 0) is 0 Å². The summed E-state index contributed by atoms with van der Waals surface area (Å²) in [4.78, 5) is 11.1. The van der Waals surface area contributed by atoms with Crippen LogP contribution in [0.4, 0.5) is 4.39 Å². The Hall–Kier alpha value is -1.13. The monoisotopic (exact) mass is 238 g/mol. The van der Waals surface area contributed by atoms with Crippen molar-refractivity contribution >= 4 is 29.4 Å². The van der Waals surface area contributed by atoms with E-state index in [9.17, 15) is 9.18 Å². The summed E-state index contributed by atoms with van der Waals surface area (Å²) >= 11 is 2.81. The van der Waals surface area contributed by atoms with Crippen LogP contribution in [0, 0.1) is 5.82 Å². The fourth-order valence-electron chi connectivity index (χ4n) is 1.15. The summed E-state index contributed by atoms with van der Waals surface area (Å²) in [6.07, 6.45) is 0.680. The number of carbonyl (C=O) groups excluding carboxylic acids is 1. The van der Waals surface area contributed by atoms with Gasteiger partial charge in [-0.3, -0.25) is 4.79 Å². The number of carbonyl (C=O) groups is 1. The molecule has 0 aliphatic rings. The van der Waals surface area contributed by atoms with Gasteiger partial charge in [0, 0.05) is 5.56 Å². The first-order chi connectivity index (χ1) is 7.31. The Labute approximate surface area is 94.9 Å². The van der Waals surface area contributed by atoms with Crippen LogP contribution >= 0.6 is 23.1 Å². The molecule has 76 valence electrons. The highest BCUT2D eigenvalue weighted by Gasteiger charge is 2.09. The summed E-state index contributed by atoms with van der Waals surface area (Å²) in [7, 11) is 0. The Morgan fingerprint density at radius 2 is 2.13 bits per heavy atom. The van der Waals surface area contributed by atoms with Crippen molar-refractivity contribution in [3.8, 4) is 0 Å². The largest absolute Gasteiger partial charge is 0.298 e. The third kappa shape index (κ3) is 2.27. The van der Waals surface area contributed by atoms with Gasteiger partial charge < -0.3 is 0 Å². The van der Waals surface area contributed by atoms with E-state index in [0.717, 1.165) is 4.21 Å². The van der Waals surface area contributed by atoms with E-state index in [0.29, 0.717) is 16.7 Å². The zero-order valence-corrected chi connectivity index (χ0v) is 9.28. The van der Waals surface area contributed by atoms with Crippen LogP contribution in [0.25, 0.3) is 0 Å². The minimum absolute atomic E-state index is 0.349. The van der Waals surface area contributed by atoms with Crippen LogP contribution < -0.4 is 0 Å². The average Bonchev–Trinajstić information content (AvgIpc) is 2.74. The molecule has 0 unspecified atom stereocenters. The van der Waals surface area contributed by atoms with Crippen molar-refractivity contribution in [2.24, 2.45) is 0 Å². The van der Waals surface area contributed by atoms with Gasteiger partial charge in [0.25, 0.3) is 0 Å². The van der Waals surface area contributed by atoms with Gasteiger partial charge in [-0.2, -0.15) is 0 Å². The quantitative estimate of drug-likeness (QED) is 0.755. The second-order valence-corrected chi connectivity index (χ2v) is 5.07. The first-order valence-electron chi connectivity index (χ1n) is 4.26. The molecule has 0 aliphatic heterocycles. The highest BCUT2D eigenvalue weighted by molar-refractivity contribution is 8.01. The van der Waals surface area contributed by atoms with Crippen LogP contribution in [0.15, 0.2) is 44.8 Å². The molecule has 1 aromatic heterocycles. The Morgan fingerprint density at radius 1 is 1.27 bits per heavy atom. The van der Waals surface area contributed by atoms with E-state index < -0.39 is 0 Å². The van der Waals surface area contributed by atoms with E-state index in [1.807, 2.05) is 17.5 Å². The highest BCUT2D eigenvalue weighted by Crippen LogP contribution is 2.34. The molecule has 0 saturated carbocycles. The number of rotatable bonds is 3. The molecule has 0 fully saturated rings. The molecule has 1 aromatic carbocycles. The molecule has 0 spiro atoms. The average molecular weight is 238 g/mol. The van der Waals surface area contributed by atoms with Crippen LogP contribution in [0.5, 0.6) is 0 Å². The van der Waals surface area contributed by atoms with Crippen molar-refractivity contribution in [3.63, 3.8) is 0 Å². The molecule has 2 rings (SSSR count). The van der Waals surface area contributed by atoms with Crippen LogP contribution in [0.1, 0.15) is 10.4 Å². The molecule has 1 heterocycles. The van der Waals surface area contributed by atoms with Gasteiger partial charge in [-0.1, -0.05) is 30.0 Å². The molecule has 2 aromatic rings. The predicted molar refractivity (Wildman–Crippen MR) is 60.2 cm³/mol. The summed E-state index contributed by atoms with van der Waals surface area (Å²) in [5.41, 5.74) is 0.397. The minimum atomic E-state index is -0.349. The third-order valence-corrected chi connectivity index (χ3v) is 3.99. The van der Waals surface area contributed by atoms with Crippen LogP contribution in [0.2, 0.25) is 0 Å². The Kier molecular flexibility index (Phi) is 3.18. The Bertz CT molecular complexity index is 465. The Balaban J connectivity index is 2.38. The maximum absolute atomic E-state index is 13.5. The molecule has 0 bridgehead atoms. The number of thiophene rings is 1. The van der Waals surface area contributed by atoms with Crippen LogP contribution in [0.3, 0.4) is 0 Å². The van der Waals surface area contributed by atoms with Crippen molar-refractivity contribution in [1.29, 1.82) is 0 Å². The van der Waals surface area contributed by atoms with Gasteiger partial charge in [0.2, 0.25) is 0 Å². The number of hydrogen-bond acceptors (Lipinski definition) is 3. The molecular formula is C11H7FOS2. The van der Waals surface area contributed by atoms with E-state index >= 15 is 0 Å². The lowest BCUT2D eigenvalue weighted by Gasteiger charge is -2.03. The number of halogens is 1. The first kappa shape index (κ1) is 10.4. The second kappa shape index (κ2) is 4.59. The van der Waals surface area contributed by atoms with Crippen molar-refractivity contribution in [2.45, 2.75) is 9.10 Å². The number of benzene rings is 1. The highest BCUT2D eigenvalue weighted by atomic mass is 32.2. The number of aldehydes is 1. The minimum Gasteiger partial charge on any atom is -0.298 e. The van der Waals surface area contributed by atoms with Gasteiger partial charge in [0.05, 0.1) is 9.10 Å². The van der Waals surface area contributed by atoms with E-state index in [2.05, 4.69) is 0 Å². The van der Waals surface area contributed by atoms with Gasteiger partial charge >= 0.3 is 0 Å². The summed E-state index contributed by atoms with van der Waals surface area (Å²) in [6.45, 7) is 0.